The number of sulfone groups is 1. The quantitative estimate of drug-likeness (QED) is 0.788. The number of rotatable bonds is 8. The maximum absolute atomic E-state index is 11.2. The first-order valence-corrected chi connectivity index (χ1v) is 8.88. The summed E-state index contributed by atoms with van der Waals surface area (Å²) in [5.41, 5.74) is 2.23. The second-order valence-electron chi connectivity index (χ2n) is 4.84. The number of nitrogens with one attached hydrogen (secondary N) is 1. The summed E-state index contributed by atoms with van der Waals surface area (Å²) in [6.07, 6.45) is 3.67. The van der Waals surface area contributed by atoms with Gasteiger partial charge >= 0.3 is 0 Å². The van der Waals surface area contributed by atoms with Gasteiger partial charge in [0.1, 0.15) is 9.84 Å². The van der Waals surface area contributed by atoms with Gasteiger partial charge in [0.05, 0.1) is 11.4 Å². The van der Waals surface area contributed by atoms with Crippen LogP contribution in [0.1, 0.15) is 44.1 Å². The van der Waals surface area contributed by atoms with Gasteiger partial charge in [-0.1, -0.05) is 6.92 Å². The highest BCUT2D eigenvalue weighted by Gasteiger charge is 2.16. The van der Waals surface area contributed by atoms with Gasteiger partial charge in [-0.25, -0.2) is 8.42 Å². The Morgan fingerprint density at radius 2 is 2.11 bits per heavy atom. The third-order valence-corrected chi connectivity index (χ3v) is 4.27. The van der Waals surface area contributed by atoms with E-state index >= 15 is 0 Å². The second-order valence-corrected chi connectivity index (χ2v) is 7.10. The number of hydrogen-bond acceptors (Lipinski definition) is 4. The summed E-state index contributed by atoms with van der Waals surface area (Å²) >= 11 is 0. The average molecular weight is 287 g/mol. The van der Waals surface area contributed by atoms with Gasteiger partial charge in [-0.2, -0.15) is 5.10 Å². The Labute approximate surface area is 116 Å². The number of hydrogen-bond donors (Lipinski definition) is 1. The van der Waals surface area contributed by atoms with E-state index in [0.29, 0.717) is 6.42 Å². The minimum atomic E-state index is -2.88. The molecular weight excluding hydrogens is 262 g/mol. The molecule has 0 saturated carbocycles. The zero-order chi connectivity index (χ0) is 14.5. The van der Waals surface area contributed by atoms with Crippen LogP contribution >= 0.6 is 0 Å². The highest BCUT2D eigenvalue weighted by Crippen LogP contribution is 2.20. The van der Waals surface area contributed by atoms with Gasteiger partial charge in [-0.3, -0.25) is 4.68 Å². The molecule has 1 atom stereocenters. The van der Waals surface area contributed by atoms with Crippen LogP contribution in [0.25, 0.3) is 0 Å². The number of nitrogens with zero attached hydrogens (tertiary/aromatic N) is 2. The fraction of sp³-hybridized carbons (Fsp3) is 0.769. The number of aryl methyl sites for hydroxylation is 2. The molecule has 1 unspecified atom stereocenters. The van der Waals surface area contributed by atoms with Crippen LogP contribution in [0.2, 0.25) is 0 Å². The molecule has 1 heterocycles. The summed E-state index contributed by atoms with van der Waals surface area (Å²) in [5.74, 6) is 0.242. The zero-order valence-corrected chi connectivity index (χ0v) is 13.1. The second kappa shape index (κ2) is 7.05. The molecule has 0 amide bonds. The maximum Gasteiger partial charge on any atom is 0.147 e. The lowest BCUT2D eigenvalue weighted by Gasteiger charge is -2.17. The van der Waals surface area contributed by atoms with E-state index in [1.54, 1.807) is 0 Å². The fourth-order valence-electron chi connectivity index (χ4n) is 2.18. The van der Waals surface area contributed by atoms with Crippen molar-refractivity contribution in [2.75, 3.05) is 19.1 Å². The van der Waals surface area contributed by atoms with Crippen molar-refractivity contribution < 1.29 is 8.42 Å². The maximum atomic E-state index is 11.2. The topological polar surface area (TPSA) is 64.0 Å². The Morgan fingerprint density at radius 1 is 1.42 bits per heavy atom. The molecule has 0 aliphatic carbocycles. The lowest BCUT2D eigenvalue weighted by Crippen LogP contribution is -2.21. The minimum absolute atomic E-state index is 0.162. The Balaban J connectivity index is 2.76. The van der Waals surface area contributed by atoms with Crippen LogP contribution in [0.15, 0.2) is 6.07 Å². The standard InChI is InChI=1S/C13H25N3O2S/c1-5-11-10-13(16(6-2)15-11)12(14-3)8-7-9-19(4,17)18/h10,12,14H,5-9H2,1-4H3. The van der Waals surface area contributed by atoms with E-state index < -0.39 is 9.84 Å². The van der Waals surface area contributed by atoms with Crippen molar-refractivity contribution >= 4 is 9.84 Å². The van der Waals surface area contributed by atoms with Gasteiger partial charge in [0, 0.05) is 24.6 Å². The van der Waals surface area contributed by atoms with Crippen LogP contribution in [-0.4, -0.2) is 37.3 Å². The third-order valence-electron chi connectivity index (χ3n) is 3.24. The monoisotopic (exact) mass is 287 g/mol. The summed E-state index contributed by atoms with van der Waals surface area (Å²) in [7, 11) is -0.969. The van der Waals surface area contributed by atoms with E-state index in [9.17, 15) is 8.42 Å². The molecule has 1 N–H and O–H groups in total. The molecule has 0 radical (unpaired) electrons. The lowest BCUT2D eigenvalue weighted by atomic mass is 10.1. The first kappa shape index (κ1) is 16.2. The summed E-state index contributed by atoms with van der Waals surface area (Å²) in [6, 6.07) is 2.28. The molecule has 0 aliphatic heterocycles. The highest BCUT2D eigenvalue weighted by molar-refractivity contribution is 7.90. The predicted molar refractivity (Wildman–Crippen MR) is 78.0 cm³/mol. The number of aromatic nitrogens is 2. The molecule has 1 rings (SSSR count). The Hall–Kier alpha value is -0.880. The molecule has 0 saturated heterocycles. The SMILES string of the molecule is CCc1cc(C(CCCS(C)(=O)=O)NC)n(CC)n1. The van der Waals surface area contributed by atoms with Gasteiger partial charge in [0.2, 0.25) is 0 Å². The molecule has 1 aromatic rings. The Morgan fingerprint density at radius 3 is 2.58 bits per heavy atom. The summed E-state index contributed by atoms with van der Waals surface area (Å²) < 4.78 is 24.3. The summed E-state index contributed by atoms with van der Waals surface area (Å²) in [6.45, 7) is 4.99. The van der Waals surface area contributed by atoms with E-state index in [2.05, 4.69) is 30.3 Å². The predicted octanol–water partition coefficient (Wildman–Crippen LogP) is 1.55. The van der Waals surface area contributed by atoms with Crippen LogP contribution in [-0.2, 0) is 22.8 Å². The van der Waals surface area contributed by atoms with Gasteiger partial charge < -0.3 is 5.32 Å². The molecule has 1 aromatic heterocycles. The van der Waals surface area contributed by atoms with Gasteiger partial charge in [-0.15, -0.1) is 0 Å². The Kier molecular flexibility index (Phi) is 6.00. The van der Waals surface area contributed by atoms with Crippen LogP contribution in [0.5, 0.6) is 0 Å². The van der Waals surface area contributed by atoms with E-state index in [1.807, 2.05) is 11.7 Å². The molecule has 19 heavy (non-hydrogen) atoms. The lowest BCUT2D eigenvalue weighted by molar-refractivity contribution is 0.482. The largest absolute Gasteiger partial charge is 0.312 e. The van der Waals surface area contributed by atoms with Crippen molar-refractivity contribution in [1.82, 2.24) is 15.1 Å². The van der Waals surface area contributed by atoms with Crippen molar-refractivity contribution in [3.05, 3.63) is 17.5 Å². The van der Waals surface area contributed by atoms with Crippen molar-refractivity contribution in [3.63, 3.8) is 0 Å². The first-order valence-electron chi connectivity index (χ1n) is 6.82. The van der Waals surface area contributed by atoms with Crippen LogP contribution in [0.4, 0.5) is 0 Å². The smallest absolute Gasteiger partial charge is 0.147 e. The first-order chi connectivity index (χ1) is 8.91. The molecule has 0 aromatic carbocycles. The van der Waals surface area contributed by atoms with Crippen molar-refractivity contribution in [2.45, 2.75) is 45.7 Å². The molecule has 0 spiro atoms. The van der Waals surface area contributed by atoms with Crippen LogP contribution in [0.3, 0.4) is 0 Å². The van der Waals surface area contributed by atoms with Crippen LogP contribution in [0, 0.1) is 0 Å². The summed E-state index contributed by atoms with van der Waals surface area (Å²) in [4.78, 5) is 0. The molecule has 0 fully saturated rings. The van der Waals surface area contributed by atoms with E-state index in [0.717, 1.165) is 30.8 Å². The summed E-state index contributed by atoms with van der Waals surface area (Å²) in [5, 5.41) is 7.79. The van der Waals surface area contributed by atoms with Gasteiger partial charge in [0.15, 0.2) is 0 Å². The molecule has 0 aliphatic rings. The van der Waals surface area contributed by atoms with E-state index in [1.165, 1.54) is 6.26 Å². The third kappa shape index (κ3) is 4.95. The van der Waals surface area contributed by atoms with Crippen molar-refractivity contribution in [1.29, 1.82) is 0 Å². The van der Waals surface area contributed by atoms with Gasteiger partial charge in [0.25, 0.3) is 0 Å². The van der Waals surface area contributed by atoms with E-state index in [-0.39, 0.29) is 11.8 Å². The normalized spacial score (nSPS) is 13.7. The zero-order valence-electron chi connectivity index (χ0n) is 12.3. The molecule has 110 valence electrons. The molecule has 6 heteroatoms. The van der Waals surface area contributed by atoms with Crippen LogP contribution < -0.4 is 5.32 Å². The molecule has 0 bridgehead atoms. The molecular formula is C13H25N3O2S. The minimum Gasteiger partial charge on any atom is -0.312 e. The van der Waals surface area contributed by atoms with E-state index in [4.69, 9.17) is 0 Å². The molecule has 5 nitrogen and oxygen atoms in total. The van der Waals surface area contributed by atoms with Crippen molar-refractivity contribution in [2.24, 2.45) is 0 Å². The average Bonchev–Trinajstić information content (AvgIpc) is 2.76. The Bertz CT molecular complexity index is 494. The van der Waals surface area contributed by atoms with Gasteiger partial charge in [-0.05, 0) is 39.3 Å². The van der Waals surface area contributed by atoms with Crippen molar-refractivity contribution in [3.8, 4) is 0 Å². The highest BCUT2D eigenvalue weighted by atomic mass is 32.2. The fourth-order valence-corrected chi connectivity index (χ4v) is 2.87.